The smallest absolute Gasteiger partial charge is 0.319 e. The normalized spacial score (nSPS) is 19.5. The summed E-state index contributed by atoms with van der Waals surface area (Å²) in [6.07, 6.45) is 0.927. The molecule has 1 aromatic rings. The Bertz CT molecular complexity index is 633. The molecule has 0 aliphatic carbocycles. The molecule has 6 nitrogen and oxygen atoms in total. The second kappa shape index (κ2) is 10.1. The minimum absolute atomic E-state index is 0.339. The molecule has 1 aliphatic heterocycles. The third-order valence-electron chi connectivity index (χ3n) is 3.91. The van der Waals surface area contributed by atoms with Crippen molar-refractivity contribution in [2.45, 2.75) is 26.3 Å². The zero-order chi connectivity index (χ0) is 18.9. The first kappa shape index (κ1) is 20.2. The molecule has 1 aromatic carbocycles. The van der Waals surface area contributed by atoms with Gasteiger partial charge in [-0.2, -0.15) is 11.8 Å². The number of rotatable bonds is 9. The van der Waals surface area contributed by atoms with Gasteiger partial charge < -0.3 is 20.1 Å². The number of thioether (sulfide) groups is 1. The number of amides is 2. The molecule has 1 saturated heterocycles. The van der Waals surface area contributed by atoms with Gasteiger partial charge in [0, 0.05) is 11.4 Å². The number of urea groups is 1. The molecular formula is C19H26N2O4S. The van der Waals surface area contributed by atoms with E-state index < -0.39 is 17.9 Å². The Hall–Kier alpha value is -2.15. The van der Waals surface area contributed by atoms with Crippen LogP contribution in [0, 0.1) is 5.92 Å². The van der Waals surface area contributed by atoms with E-state index >= 15 is 0 Å². The van der Waals surface area contributed by atoms with E-state index in [1.165, 1.54) is 0 Å². The SMILES string of the molecule is C=C1NC(=O)N[C@H](c2ccc(OCCC)cc2)[C@H]1C(=O)OCCSCC. The molecule has 2 rings (SSSR count). The highest BCUT2D eigenvalue weighted by molar-refractivity contribution is 7.99. The molecule has 0 aromatic heterocycles. The zero-order valence-corrected chi connectivity index (χ0v) is 16.1. The number of hydrogen-bond acceptors (Lipinski definition) is 5. The topological polar surface area (TPSA) is 76.7 Å². The lowest BCUT2D eigenvalue weighted by Crippen LogP contribution is -2.51. The van der Waals surface area contributed by atoms with E-state index in [0.717, 1.165) is 29.2 Å². The summed E-state index contributed by atoms with van der Waals surface area (Å²) in [4.78, 5) is 24.4. The Balaban J connectivity index is 2.12. The van der Waals surface area contributed by atoms with Crippen LogP contribution in [0.4, 0.5) is 4.79 Å². The fourth-order valence-corrected chi connectivity index (χ4v) is 3.16. The summed E-state index contributed by atoms with van der Waals surface area (Å²) in [5.74, 6) is 1.40. The van der Waals surface area contributed by atoms with Gasteiger partial charge in [-0.25, -0.2) is 4.79 Å². The van der Waals surface area contributed by atoms with Crippen LogP contribution in [-0.4, -0.2) is 36.7 Å². The van der Waals surface area contributed by atoms with Gasteiger partial charge in [0.2, 0.25) is 0 Å². The van der Waals surface area contributed by atoms with Gasteiger partial charge in [-0.3, -0.25) is 4.79 Å². The first-order valence-corrected chi connectivity index (χ1v) is 9.95. The van der Waals surface area contributed by atoms with E-state index in [9.17, 15) is 9.59 Å². The van der Waals surface area contributed by atoms with Gasteiger partial charge in [-0.15, -0.1) is 0 Å². The van der Waals surface area contributed by atoms with Gasteiger partial charge >= 0.3 is 12.0 Å². The molecule has 1 aliphatic rings. The van der Waals surface area contributed by atoms with Crippen molar-refractivity contribution in [3.8, 4) is 5.75 Å². The number of ether oxygens (including phenoxy) is 2. The lowest BCUT2D eigenvalue weighted by atomic mass is 9.89. The Kier molecular flexibility index (Phi) is 7.84. The van der Waals surface area contributed by atoms with Crippen molar-refractivity contribution >= 4 is 23.8 Å². The maximum Gasteiger partial charge on any atom is 0.319 e. The minimum Gasteiger partial charge on any atom is -0.494 e. The van der Waals surface area contributed by atoms with Crippen LogP contribution in [0.5, 0.6) is 5.75 Å². The van der Waals surface area contributed by atoms with E-state index in [2.05, 4.69) is 24.1 Å². The van der Waals surface area contributed by atoms with E-state index in [0.29, 0.717) is 18.9 Å². The van der Waals surface area contributed by atoms with Gasteiger partial charge in [0.1, 0.15) is 18.3 Å². The van der Waals surface area contributed by atoms with Crippen LogP contribution in [0.1, 0.15) is 31.9 Å². The molecule has 2 amide bonds. The number of nitrogens with one attached hydrogen (secondary N) is 2. The van der Waals surface area contributed by atoms with Crippen LogP contribution in [0.2, 0.25) is 0 Å². The Morgan fingerprint density at radius 1 is 1.23 bits per heavy atom. The summed E-state index contributed by atoms with van der Waals surface area (Å²) in [6.45, 7) is 8.92. The zero-order valence-electron chi connectivity index (χ0n) is 15.2. The summed E-state index contributed by atoms with van der Waals surface area (Å²) in [5, 5.41) is 5.38. The molecule has 2 atom stereocenters. The van der Waals surface area contributed by atoms with Crippen molar-refractivity contribution in [3.63, 3.8) is 0 Å². The second-order valence-electron chi connectivity index (χ2n) is 5.86. The monoisotopic (exact) mass is 378 g/mol. The summed E-state index contributed by atoms with van der Waals surface area (Å²) >= 11 is 1.70. The molecular weight excluding hydrogens is 352 g/mol. The molecule has 0 spiro atoms. The van der Waals surface area contributed by atoms with Crippen molar-refractivity contribution < 1.29 is 19.1 Å². The first-order valence-electron chi connectivity index (χ1n) is 8.80. The van der Waals surface area contributed by atoms with E-state index in [1.54, 1.807) is 11.8 Å². The molecule has 7 heteroatoms. The molecule has 0 radical (unpaired) electrons. The van der Waals surface area contributed by atoms with Crippen molar-refractivity contribution in [1.29, 1.82) is 0 Å². The van der Waals surface area contributed by atoms with Gasteiger partial charge in [-0.05, 0) is 29.9 Å². The predicted octanol–water partition coefficient (Wildman–Crippen LogP) is 3.26. The predicted molar refractivity (Wildman–Crippen MR) is 103 cm³/mol. The molecule has 1 heterocycles. The third-order valence-corrected chi connectivity index (χ3v) is 4.78. The highest BCUT2D eigenvalue weighted by atomic mass is 32.2. The standard InChI is InChI=1S/C19H26N2O4S/c1-4-10-24-15-8-6-14(7-9-15)17-16(13(3)20-19(23)21-17)18(22)25-11-12-26-5-2/h6-9,16-17H,3-5,10-12H2,1-2H3,(H2,20,21,23)/t16-,17+/m0/s1. The number of hydrogen-bond donors (Lipinski definition) is 2. The summed E-state index contributed by atoms with van der Waals surface area (Å²) in [5.41, 5.74) is 1.15. The maximum absolute atomic E-state index is 12.6. The van der Waals surface area contributed by atoms with Gasteiger partial charge in [-0.1, -0.05) is 32.6 Å². The fraction of sp³-hybridized carbons (Fsp3) is 0.474. The summed E-state index contributed by atoms with van der Waals surface area (Å²) in [6, 6.07) is 6.47. The van der Waals surface area contributed by atoms with E-state index in [4.69, 9.17) is 9.47 Å². The van der Waals surface area contributed by atoms with Crippen molar-refractivity contribution in [2.75, 3.05) is 24.7 Å². The van der Waals surface area contributed by atoms with Crippen molar-refractivity contribution in [2.24, 2.45) is 5.92 Å². The lowest BCUT2D eigenvalue weighted by molar-refractivity contribution is -0.147. The van der Waals surface area contributed by atoms with Gasteiger partial charge in [0.15, 0.2) is 0 Å². The number of esters is 1. The largest absolute Gasteiger partial charge is 0.494 e. The van der Waals surface area contributed by atoms with Gasteiger partial charge in [0.25, 0.3) is 0 Å². The third kappa shape index (κ3) is 5.42. The average Bonchev–Trinajstić information content (AvgIpc) is 2.63. The Morgan fingerprint density at radius 2 is 1.96 bits per heavy atom. The molecule has 2 N–H and O–H groups in total. The summed E-state index contributed by atoms with van der Waals surface area (Å²) in [7, 11) is 0. The molecule has 0 bridgehead atoms. The minimum atomic E-state index is -0.679. The molecule has 0 unspecified atom stereocenters. The van der Waals surface area contributed by atoms with Crippen LogP contribution in [0.3, 0.4) is 0 Å². The van der Waals surface area contributed by atoms with E-state index in [-0.39, 0.29) is 6.03 Å². The van der Waals surface area contributed by atoms with Crippen molar-refractivity contribution in [1.82, 2.24) is 10.6 Å². The lowest BCUT2D eigenvalue weighted by Gasteiger charge is -2.33. The van der Waals surface area contributed by atoms with Crippen LogP contribution in [0.15, 0.2) is 36.5 Å². The molecule has 0 saturated carbocycles. The van der Waals surface area contributed by atoms with Crippen LogP contribution in [-0.2, 0) is 9.53 Å². The molecule has 142 valence electrons. The fourth-order valence-electron chi connectivity index (χ4n) is 2.67. The Morgan fingerprint density at radius 3 is 2.62 bits per heavy atom. The number of carbonyl (C=O) groups is 2. The van der Waals surface area contributed by atoms with Crippen LogP contribution >= 0.6 is 11.8 Å². The highest BCUT2D eigenvalue weighted by Gasteiger charge is 2.38. The Labute approximate surface area is 158 Å². The number of carbonyl (C=O) groups excluding carboxylic acids is 2. The maximum atomic E-state index is 12.6. The van der Waals surface area contributed by atoms with Crippen molar-refractivity contribution in [3.05, 3.63) is 42.1 Å². The quantitative estimate of drug-likeness (QED) is 0.509. The summed E-state index contributed by atoms with van der Waals surface area (Å²) < 4.78 is 11.0. The second-order valence-corrected chi connectivity index (χ2v) is 7.25. The van der Waals surface area contributed by atoms with Crippen LogP contribution < -0.4 is 15.4 Å². The first-order chi connectivity index (χ1) is 12.6. The molecule has 26 heavy (non-hydrogen) atoms. The van der Waals surface area contributed by atoms with Crippen LogP contribution in [0.25, 0.3) is 0 Å². The average molecular weight is 378 g/mol. The highest BCUT2D eigenvalue weighted by Crippen LogP contribution is 2.31. The van der Waals surface area contributed by atoms with Gasteiger partial charge in [0.05, 0.1) is 12.6 Å². The molecule has 1 fully saturated rings. The van der Waals surface area contributed by atoms with E-state index in [1.807, 2.05) is 31.2 Å². The number of benzene rings is 1.